The van der Waals surface area contributed by atoms with Crippen LogP contribution in [0.25, 0.3) is 0 Å². The maximum Gasteiger partial charge on any atom is 0.132 e. The van der Waals surface area contributed by atoms with E-state index < -0.39 is 0 Å². The van der Waals surface area contributed by atoms with Gasteiger partial charge in [-0.15, -0.1) is 0 Å². The van der Waals surface area contributed by atoms with Crippen LogP contribution in [0.1, 0.15) is 5.69 Å². The van der Waals surface area contributed by atoms with Crippen LogP contribution in [0.15, 0.2) is 12.4 Å². The smallest absolute Gasteiger partial charge is 0.132 e. The molecule has 0 atom stereocenters. The molecule has 0 aliphatic rings. The van der Waals surface area contributed by atoms with Gasteiger partial charge in [-0.2, -0.15) is 0 Å². The molecule has 64 valence electrons. The molecule has 0 aromatic carbocycles. The van der Waals surface area contributed by atoms with Gasteiger partial charge in [-0.25, -0.2) is 9.97 Å². The van der Waals surface area contributed by atoms with Gasteiger partial charge >= 0.3 is 0 Å². The van der Waals surface area contributed by atoms with Gasteiger partial charge in [0, 0.05) is 20.2 Å². The quantitative estimate of drug-likeness (QED) is 0.661. The molecule has 0 fully saturated rings. The Bertz CT molecular complexity index is 297. The molecule has 12 heavy (non-hydrogen) atoms. The average Bonchev–Trinajstić information content (AvgIpc) is 2.04. The first kappa shape index (κ1) is 8.86. The third-order valence-electron chi connectivity index (χ3n) is 1.36. The lowest BCUT2D eigenvalue weighted by Crippen LogP contribution is -2.15. The van der Waals surface area contributed by atoms with Crippen molar-refractivity contribution in [2.24, 2.45) is 5.73 Å². The van der Waals surface area contributed by atoms with E-state index in [4.69, 9.17) is 18.0 Å². The van der Waals surface area contributed by atoms with Crippen molar-refractivity contribution in [1.29, 1.82) is 0 Å². The second-order valence-corrected chi connectivity index (χ2v) is 2.96. The van der Waals surface area contributed by atoms with Crippen LogP contribution >= 0.6 is 12.2 Å². The Hall–Kier alpha value is -1.23. The SMILES string of the molecule is CN(C)c1cc(C(N)=S)ncn1. The van der Waals surface area contributed by atoms with Crippen molar-refractivity contribution in [3.8, 4) is 0 Å². The van der Waals surface area contributed by atoms with Crippen molar-refractivity contribution in [3.05, 3.63) is 18.1 Å². The normalized spacial score (nSPS) is 9.50. The van der Waals surface area contributed by atoms with Crippen LogP contribution in [0.2, 0.25) is 0 Å². The van der Waals surface area contributed by atoms with Crippen LogP contribution < -0.4 is 10.6 Å². The highest BCUT2D eigenvalue weighted by atomic mass is 32.1. The molecule has 0 saturated heterocycles. The number of hydrogen-bond acceptors (Lipinski definition) is 4. The zero-order valence-electron chi connectivity index (χ0n) is 6.98. The van der Waals surface area contributed by atoms with E-state index in [0.717, 1.165) is 5.82 Å². The number of anilines is 1. The second-order valence-electron chi connectivity index (χ2n) is 2.52. The molecular weight excluding hydrogens is 172 g/mol. The van der Waals surface area contributed by atoms with E-state index >= 15 is 0 Å². The lowest BCUT2D eigenvalue weighted by molar-refractivity contribution is 1.03. The van der Waals surface area contributed by atoms with Gasteiger partial charge in [0.05, 0.1) is 0 Å². The van der Waals surface area contributed by atoms with Crippen LogP contribution in [-0.2, 0) is 0 Å². The molecule has 0 saturated carbocycles. The van der Waals surface area contributed by atoms with E-state index in [1.807, 2.05) is 19.0 Å². The molecule has 5 heteroatoms. The minimum absolute atomic E-state index is 0.292. The van der Waals surface area contributed by atoms with E-state index in [1.165, 1.54) is 6.33 Å². The monoisotopic (exact) mass is 182 g/mol. The highest BCUT2D eigenvalue weighted by Crippen LogP contribution is 2.06. The van der Waals surface area contributed by atoms with Crippen molar-refractivity contribution >= 4 is 23.0 Å². The first-order valence-electron chi connectivity index (χ1n) is 3.40. The van der Waals surface area contributed by atoms with Crippen molar-refractivity contribution in [2.45, 2.75) is 0 Å². The summed E-state index contributed by atoms with van der Waals surface area (Å²) in [5.41, 5.74) is 6.01. The number of nitrogens with two attached hydrogens (primary N) is 1. The van der Waals surface area contributed by atoms with E-state index in [9.17, 15) is 0 Å². The van der Waals surface area contributed by atoms with Gasteiger partial charge in [0.25, 0.3) is 0 Å². The summed E-state index contributed by atoms with van der Waals surface area (Å²) in [5.74, 6) is 0.799. The van der Waals surface area contributed by atoms with E-state index in [2.05, 4.69) is 9.97 Å². The van der Waals surface area contributed by atoms with Crippen molar-refractivity contribution < 1.29 is 0 Å². The standard InChI is InChI=1S/C7H10N4S/c1-11(2)6-3-5(7(8)12)9-4-10-6/h3-4H,1-2H3,(H2,8,12). The lowest BCUT2D eigenvalue weighted by Gasteiger charge is -2.10. The van der Waals surface area contributed by atoms with Crippen LogP contribution in [0.5, 0.6) is 0 Å². The molecular formula is C7H10N4S. The minimum atomic E-state index is 0.292. The summed E-state index contributed by atoms with van der Waals surface area (Å²) in [6, 6.07) is 1.75. The summed E-state index contributed by atoms with van der Waals surface area (Å²) in [6.45, 7) is 0. The van der Waals surface area contributed by atoms with Crippen LogP contribution in [0.3, 0.4) is 0 Å². The summed E-state index contributed by atoms with van der Waals surface area (Å²) >= 11 is 4.78. The summed E-state index contributed by atoms with van der Waals surface area (Å²) in [5, 5.41) is 0. The van der Waals surface area contributed by atoms with E-state index in [1.54, 1.807) is 6.07 Å². The van der Waals surface area contributed by atoms with Gasteiger partial charge in [-0.3, -0.25) is 0 Å². The summed E-state index contributed by atoms with van der Waals surface area (Å²) in [6.07, 6.45) is 1.45. The summed E-state index contributed by atoms with van der Waals surface area (Å²) < 4.78 is 0. The van der Waals surface area contributed by atoms with Gasteiger partial charge in [0.1, 0.15) is 22.8 Å². The van der Waals surface area contributed by atoms with Crippen molar-refractivity contribution in [2.75, 3.05) is 19.0 Å². The zero-order valence-corrected chi connectivity index (χ0v) is 7.80. The molecule has 0 aliphatic carbocycles. The fraction of sp³-hybridized carbons (Fsp3) is 0.286. The van der Waals surface area contributed by atoms with E-state index in [0.29, 0.717) is 10.7 Å². The molecule has 0 bridgehead atoms. The van der Waals surface area contributed by atoms with Gasteiger partial charge in [0.2, 0.25) is 0 Å². The number of thiocarbonyl (C=S) groups is 1. The fourth-order valence-electron chi connectivity index (χ4n) is 0.726. The molecule has 0 spiro atoms. The first-order chi connectivity index (χ1) is 5.61. The third-order valence-corrected chi connectivity index (χ3v) is 1.57. The van der Waals surface area contributed by atoms with Crippen molar-refractivity contribution in [1.82, 2.24) is 9.97 Å². The lowest BCUT2D eigenvalue weighted by atomic mass is 10.4. The number of nitrogens with zero attached hydrogens (tertiary/aromatic N) is 3. The molecule has 1 rings (SSSR count). The Kier molecular flexibility index (Phi) is 2.54. The zero-order chi connectivity index (χ0) is 9.14. The number of rotatable bonds is 2. The Morgan fingerprint density at radius 2 is 2.17 bits per heavy atom. The molecule has 4 nitrogen and oxygen atoms in total. The number of aromatic nitrogens is 2. The molecule has 0 amide bonds. The van der Waals surface area contributed by atoms with E-state index in [-0.39, 0.29) is 0 Å². The van der Waals surface area contributed by atoms with Crippen LogP contribution in [-0.4, -0.2) is 29.1 Å². The molecule has 1 aromatic heterocycles. The molecule has 1 heterocycles. The predicted molar refractivity (Wildman–Crippen MR) is 52.2 cm³/mol. The summed E-state index contributed by atoms with van der Waals surface area (Å²) in [4.78, 5) is 10.1. The molecule has 0 aliphatic heterocycles. The average molecular weight is 182 g/mol. The van der Waals surface area contributed by atoms with Gasteiger partial charge in [-0.05, 0) is 0 Å². The van der Waals surface area contributed by atoms with Gasteiger partial charge in [-0.1, -0.05) is 12.2 Å². The Morgan fingerprint density at radius 1 is 1.50 bits per heavy atom. The van der Waals surface area contributed by atoms with Crippen LogP contribution in [0, 0.1) is 0 Å². The molecule has 1 aromatic rings. The van der Waals surface area contributed by atoms with Crippen LogP contribution in [0.4, 0.5) is 5.82 Å². The fourth-order valence-corrected chi connectivity index (χ4v) is 0.838. The minimum Gasteiger partial charge on any atom is -0.388 e. The predicted octanol–water partition coefficient (Wildman–Crippen LogP) is 0.177. The molecule has 2 N–H and O–H groups in total. The third kappa shape index (κ3) is 1.88. The Labute approximate surface area is 76.4 Å². The second kappa shape index (κ2) is 3.44. The topological polar surface area (TPSA) is 55.0 Å². The van der Waals surface area contributed by atoms with Gasteiger partial charge in [0.15, 0.2) is 0 Å². The highest BCUT2D eigenvalue weighted by Gasteiger charge is 2.01. The van der Waals surface area contributed by atoms with Crippen molar-refractivity contribution in [3.63, 3.8) is 0 Å². The van der Waals surface area contributed by atoms with Gasteiger partial charge < -0.3 is 10.6 Å². The largest absolute Gasteiger partial charge is 0.388 e. The Morgan fingerprint density at radius 3 is 2.67 bits per heavy atom. The molecule has 0 radical (unpaired) electrons. The number of hydrogen-bond donors (Lipinski definition) is 1. The highest BCUT2D eigenvalue weighted by molar-refractivity contribution is 7.80. The Balaban J connectivity index is 3.04. The first-order valence-corrected chi connectivity index (χ1v) is 3.81. The molecule has 0 unspecified atom stereocenters. The summed E-state index contributed by atoms with van der Waals surface area (Å²) in [7, 11) is 3.79. The maximum absolute atomic E-state index is 5.41. The maximum atomic E-state index is 5.41.